The van der Waals surface area contributed by atoms with Gasteiger partial charge in [0, 0.05) is 16.5 Å². The largest absolute Gasteiger partial charge is 0.356 e. The summed E-state index contributed by atoms with van der Waals surface area (Å²) in [7, 11) is -2.14. The van der Waals surface area contributed by atoms with Crippen LogP contribution >= 0.6 is 0 Å². The average Bonchev–Trinajstić information content (AvgIpc) is 2.47. The Balaban J connectivity index is 2.75. The minimum Gasteiger partial charge on any atom is -0.356 e. The Morgan fingerprint density at radius 1 is 1.54 bits per heavy atom. The van der Waals surface area contributed by atoms with Crippen LogP contribution in [0.1, 0.15) is 0 Å². The number of fused-ring (bicyclic) bond motifs is 1. The Hall–Kier alpha value is -1.29. The second-order valence-corrected chi connectivity index (χ2v) is 5.51. The molecule has 0 amide bonds. The van der Waals surface area contributed by atoms with Gasteiger partial charge in [-0.2, -0.15) is 0 Å². The quantitative estimate of drug-likeness (QED) is 0.648. The first kappa shape index (κ1) is 8.31. The van der Waals surface area contributed by atoms with Gasteiger partial charge in [-0.1, -0.05) is 5.16 Å². The summed E-state index contributed by atoms with van der Waals surface area (Å²) in [6, 6.07) is 5.30. The van der Waals surface area contributed by atoms with Crippen molar-refractivity contribution in [3.05, 3.63) is 24.4 Å². The fourth-order valence-corrected chi connectivity index (χ4v) is 1.85. The molecular weight excluding hydrogens is 186 g/mol. The van der Waals surface area contributed by atoms with Crippen LogP contribution < -0.4 is 0 Å². The van der Waals surface area contributed by atoms with Gasteiger partial charge < -0.3 is 4.52 Å². The third-order valence-electron chi connectivity index (χ3n) is 1.82. The second kappa shape index (κ2) is 2.60. The van der Waals surface area contributed by atoms with Crippen molar-refractivity contribution < 1.29 is 8.73 Å². The second-order valence-electron chi connectivity index (χ2n) is 3.03. The smallest absolute Gasteiger partial charge is 0.166 e. The SMILES string of the molecule is C=S(C)(=O)c1ccc2oncc2c1. The summed E-state index contributed by atoms with van der Waals surface area (Å²) in [5.74, 6) is 3.61. The van der Waals surface area contributed by atoms with Gasteiger partial charge in [0.1, 0.15) is 0 Å². The Labute approximate surface area is 76.4 Å². The zero-order valence-electron chi connectivity index (χ0n) is 7.19. The van der Waals surface area contributed by atoms with E-state index in [4.69, 9.17) is 4.52 Å². The normalized spacial score (nSPS) is 15.8. The average molecular weight is 195 g/mol. The van der Waals surface area contributed by atoms with E-state index in [9.17, 15) is 4.21 Å². The molecule has 0 bridgehead atoms. The fraction of sp³-hybridized carbons (Fsp3) is 0.111. The highest BCUT2D eigenvalue weighted by molar-refractivity contribution is 7.99. The van der Waals surface area contributed by atoms with Crippen LogP contribution in [0.5, 0.6) is 0 Å². The maximum atomic E-state index is 11.6. The first-order chi connectivity index (χ1) is 6.07. The van der Waals surface area contributed by atoms with Crippen LogP contribution in [0.2, 0.25) is 0 Å². The first-order valence-electron chi connectivity index (χ1n) is 3.74. The number of rotatable bonds is 1. The number of hydrogen-bond acceptors (Lipinski definition) is 3. The van der Waals surface area contributed by atoms with Gasteiger partial charge >= 0.3 is 0 Å². The van der Waals surface area contributed by atoms with Crippen LogP contribution in [0.4, 0.5) is 0 Å². The van der Waals surface area contributed by atoms with Gasteiger partial charge in [0.05, 0.1) is 6.20 Å². The third kappa shape index (κ3) is 1.45. The summed E-state index contributed by atoms with van der Waals surface area (Å²) in [5, 5.41) is 4.49. The lowest BCUT2D eigenvalue weighted by atomic mass is 10.3. The van der Waals surface area contributed by atoms with E-state index in [1.165, 1.54) is 0 Å². The van der Waals surface area contributed by atoms with Crippen molar-refractivity contribution in [1.29, 1.82) is 0 Å². The van der Waals surface area contributed by atoms with Gasteiger partial charge in [-0.15, -0.1) is 0 Å². The van der Waals surface area contributed by atoms with Crippen LogP contribution in [0, 0.1) is 0 Å². The summed E-state index contributed by atoms with van der Waals surface area (Å²) in [6.07, 6.45) is 3.21. The van der Waals surface area contributed by atoms with Crippen molar-refractivity contribution in [1.82, 2.24) is 5.16 Å². The molecule has 1 aromatic heterocycles. The van der Waals surface area contributed by atoms with Gasteiger partial charge in [-0.25, -0.2) is 0 Å². The van der Waals surface area contributed by atoms with Crippen LogP contribution in [-0.2, 0) is 9.52 Å². The monoisotopic (exact) mass is 195 g/mol. The van der Waals surface area contributed by atoms with E-state index in [-0.39, 0.29) is 0 Å². The molecule has 0 N–H and O–H groups in total. The molecule has 3 nitrogen and oxygen atoms in total. The number of nitrogens with zero attached hydrogens (tertiary/aromatic N) is 1. The van der Waals surface area contributed by atoms with Crippen molar-refractivity contribution >= 4 is 26.4 Å². The zero-order valence-corrected chi connectivity index (χ0v) is 8.00. The van der Waals surface area contributed by atoms with Gasteiger partial charge in [-0.05, 0) is 33.6 Å². The number of hydrogen-bond donors (Lipinski definition) is 0. The molecule has 2 rings (SSSR count). The molecule has 1 unspecified atom stereocenters. The molecule has 4 heteroatoms. The van der Waals surface area contributed by atoms with Gasteiger partial charge in [0.2, 0.25) is 0 Å². The Kier molecular flexibility index (Phi) is 1.66. The molecule has 2 aromatic rings. The van der Waals surface area contributed by atoms with Crippen LogP contribution in [0.15, 0.2) is 33.8 Å². The maximum Gasteiger partial charge on any atom is 0.166 e. The Morgan fingerprint density at radius 3 is 3.00 bits per heavy atom. The molecule has 68 valence electrons. The van der Waals surface area contributed by atoms with Gasteiger partial charge in [0.25, 0.3) is 0 Å². The molecule has 1 atom stereocenters. The van der Waals surface area contributed by atoms with E-state index < -0.39 is 9.52 Å². The lowest BCUT2D eigenvalue weighted by Gasteiger charge is -2.00. The van der Waals surface area contributed by atoms with Crippen LogP contribution in [0.3, 0.4) is 0 Å². The third-order valence-corrected chi connectivity index (χ3v) is 3.07. The molecular formula is C9H9NO2S. The van der Waals surface area contributed by atoms with E-state index in [2.05, 4.69) is 11.0 Å². The van der Waals surface area contributed by atoms with Gasteiger partial charge in [0.15, 0.2) is 5.58 Å². The highest BCUT2D eigenvalue weighted by Gasteiger charge is 2.04. The predicted octanol–water partition coefficient (Wildman–Crippen LogP) is 1.53. The highest BCUT2D eigenvalue weighted by Crippen LogP contribution is 2.18. The summed E-state index contributed by atoms with van der Waals surface area (Å²) in [6.45, 7) is 0. The molecule has 0 fully saturated rings. The molecule has 0 aliphatic rings. The van der Waals surface area contributed by atoms with E-state index in [1.807, 2.05) is 0 Å². The molecule has 1 heterocycles. The topological polar surface area (TPSA) is 43.1 Å². The molecule has 0 saturated carbocycles. The predicted molar refractivity (Wildman–Crippen MR) is 53.5 cm³/mol. The maximum absolute atomic E-state index is 11.6. The minimum atomic E-state index is -2.14. The molecule has 1 aromatic carbocycles. The highest BCUT2D eigenvalue weighted by atomic mass is 32.2. The van der Waals surface area contributed by atoms with Crippen LogP contribution in [0.25, 0.3) is 11.0 Å². The summed E-state index contributed by atoms with van der Waals surface area (Å²) < 4.78 is 16.5. The summed E-state index contributed by atoms with van der Waals surface area (Å²) >= 11 is 0. The number of benzene rings is 1. The van der Waals surface area contributed by atoms with Crippen molar-refractivity contribution in [3.8, 4) is 0 Å². The minimum absolute atomic E-state index is 0.701. The van der Waals surface area contributed by atoms with E-state index in [0.717, 1.165) is 10.3 Å². The van der Waals surface area contributed by atoms with Crippen LogP contribution in [-0.4, -0.2) is 21.5 Å². The molecule has 0 aliphatic carbocycles. The summed E-state index contributed by atoms with van der Waals surface area (Å²) in [4.78, 5) is 0.725. The molecule has 13 heavy (non-hydrogen) atoms. The van der Waals surface area contributed by atoms with E-state index in [1.54, 1.807) is 30.7 Å². The molecule has 0 radical (unpaired) electrons. The number of aromatic nitrogens is 1. The lowest BCUT2D eigenvalue weighted by molar-refractivity contribution is 0.456. The molecule has 0 saturated heterocycles. The lowest BCUT2D eigenvalue weighted by Crippen LogP contribution is -1.95. The Bertz CT molecular complexity index is 539. The summed E-state index contributed by atoms with van der Waals surface area (Å²) in [5.41, 5.74) is 0.701. The molecule has 0 spiro atoms. The fourth-order valence-electron chi connectivity index (χ4n) is 1.12. The standard InChI is InChI=1S/C9H9NO2S/c1-13(2,11)8-3-4-9-7(5-8)6-10-12-9/h3-6H,1H2,2H3. The first-order valence-corrected chi connectivity index (χ1v) is 5.87. The van der Waals surface area contributed by atoms with E-state index in [0.29, 0.717) is 5.58 Å². The van der Waals surface area contributed by atoms with Crippen molar-refractivity contribution in [3.63, 3.8) is 0 Å². The molecule has 0 aliphatic heterocycles. The zero-order chi connectivity index (χ0) is 9.47. The van der Waals surface area contributed by atoms with Crippen molar-refractivity contribution in [2.24, 2.45) is 0 Å². The van der Waals surface area contributed by atoms with Gasteiger partial charge in [-0.3, -0.25) is 4.21 Å². The van der Waals surface area contributed by atoms with E-state index >= 15 is 0 Å². The van der Waals surface area contributed by atoms with Crippen molar-refractivity contribution in [2.75, 3.05) is 6.26 Å². The van der Waals surface area contributed by atoms with Crippen molar-refractivity contribution in [2.45, 2.75) is 4.90 Å². The Morgan fingerprint density at radius 2 is 2.31 bits per heavy atom.